The fraction of sp³-hybridized carbons (Fsp3) is 0.300. The summed E-state index contributed by atoms with van der Waals surface area (Å²) >= 11 is 5.93. The molecule has 1 aromatic rings. The van der Waals surface area contributed by atoms with Crippen molar-refractivity contribution in [3.63, 3.8) is 0 Å². The minimum atomic E-state index is 0.513. The van der Waals surface area contributed by atoms with Gasteiger partial charge in [0, 0.05) is 13.1 Å². The van der Waals surface area contributed by atoms with Crippen molar-refractivity contribution in [2.24, 2.45) is 0 Å². The molecule has 14 heavy (non-hydrogen) atoms. The molecular formula is C10H10ClN3. The molecule has 1 aromatic carbocycles. The SMILES string of the molecule is N#Cc1ccc(N2CCCN2)cc1Cl. The number of halogens is 1. The van der Waals surface area contributed by atoms with E-state index < -0.39 is 0 Å². The van der Waals surface area contributed by atoms with Gasteiger partial charge in [-0.15, -0.1) is 0 Å². The lowest BCUT2D eigenvalue weighted by atomic mass is 10.2. The normalized spacial score (nSPS) is 15.6. The molecule has 1 heterocycles. The molecule has 0 saturated carbocycles. The van der Waals surface area contributed by atoms with Crippen molar-refractivity contribution in [2.45, 2.75) is 6.42 Å². The molecule has 4 heteroatoms. The summed E-state index contributed by atoms with van der Waals surface area (Å²) in [5.41, 5.74) is 4.77. The van der Waals surface area contributed by atoms with Crippen LogP contribution in [0.2, 0.25) is 5.02 Å². The first-order valence-corrected chi connectivity index (χ1v) is 4.90. The van der Waals surface area contributed by atoms with E-state index in [1.165, 1.54) is 0 Å². The minimum absolute atomic E-state index is 0.513. The molecule has 0 unspecified atom stereocenters. The highest BCUT2D eigenvalue weighted by molar-refractivity contribution is 6.32. The van der Waals surface area contributed by atoms with Gasteiger partial charge in [-0.05, 0) is 24.6 Å². The van der Waals surface area contributed by atoms with Gasteiger partial charge in [-0.25, -0.2) is 5.43 Å². The maximum atomic E-state index is 8.71. The highest BCUT2D eigenvalue weighted by Gasteiger charge is 2.12. The van der Waals surface area contributed by atoms with Crippen molar-refractivity contribution < 1.29 is 0 Å². The van der Waals surface area contributed by atoms with Gasteiger partial charge in [0.05, 0.1) is 16.3 Å². The van der Waals surface area contributed by atoms with Gasteiger partial charge in [-0.2, -0.15) is 5.26 Å². The zero-order chi connectivity index (χ0) is 9.97. The van der Waals surface area contributed by atoms with Crippen molar-refractivity contribution in [1.82, 2.24) is 5.43 Å². The van der Waals surface area contributed by atoms with Gasteiger partial charge in [0.2, 0.25) is 0 Å². The van der Waals surface area contributed by atoms with Crippen LogP contribution in [-0.4, -0.2) is 13.1 Å². The van der Waals surface area contributed by atoms with E-state index in [2.05, 4.69) is 5.43 Å². The van der Waals surface area contributed by atoms with E-state index in [1.807, 2.05) is 23.2 Å². The van der Waals surface area contributed by atoms with Gasteiger partial charge in [0.1, 0.15) is 6.07 Å². The number of nitriles is 1. The number of hydrazine groups is 1. The van der Waals surface area contributed by atoms with Crippen LogP contribution >= 0.6 is 11.6 Å². The fourth-order valence-corrected chi connectivity index (χ4v) is 1.73. The molecule has 1 saturated heterocycles. The van der Waals surface area contributed by atoms with Gasteiger partial charge in [-0.3, -0.25) is 0 Å². The van der Waals surface area contributed by atoms with E-state index in [1.54, 1.807) is 6.07 Å². The Hall–Kier alpha value is -1.24. The highest BCUT2D eigenvalue weighted by Crippen LogP contribution is 2.23. The van der Waals surface area contributed by atoms with E-state index in [0.717, 1.165) is 25.2 Å². The molecule has 0 bridgehead atoms. The second-order valence-electron chi connectivity index (χ2n) is 3.19. The molecule has 0 amide bonds. The Bertz CT molecular complexity index is 377. The Morgan fingerprint density at radius 1 is 1.50 bits per heavy atom. The molecule has 1 aliphatic rings. The summed E-state index contributed by atoms with van der Waals surface area (Å²) in [5, 5.41) is 11.3. The monoisotopic (exact) mass is 207 g/mol. The second-order valence-corrected chi connectivity index (χ2v) is 3.60. The lowest BCUT2D eigenvalue weighted by molar-refractivity contribution is 0.787. The van der Waals surface area contributed by atoms with Crippen LogP contribution in [0.3, 0.4) is 0 Å². The summed E-state index contributed by atoms with van der Waals surface area (Å²) in [7, 11) is 0. The van der Waals surface area contributed by atoms with Crippen LogP contribution in [-0.2, 0) is 0 Å². The number of benzene rings is 1. The average Bonchev–Trinajstić information content (AvgIpc) is 2.70. The van der Waals surface area contributed by atoms with Crippen molar-refractivity contribution in [3.8, 4) is 6.07 Å². The maximum Gasteiger partial charge on any atom is 0.101 e. The first-order chi connectivity index (χ1) is 6.81. The van der Waals surface area contributed by atoms with Crippen LogP contribution in [0.4, 0.5) is 5.69 Å². The van der Waals surface area contributed by atoms with Crippen LogP contribution in [0.25, 0.3) is 0 Å². The summed E-state index contributed by atoms with van der Waals surface area (Å²) in [5.74, 6) is 0. The molecule has 0 spiro atoms. The molecule has 1 N–H and O–H groups in total. The number of hydrogen-bond donors (Lipinski definition) is 1. The largest absolute Gasteiger partial charge is 0.308 e. The van der Waals surface area contributed by atoms with Crippen LogP contribution in [0.5, 0.6) is 0 Å². The number of nitrogens with zero attached hydrogens (tertiary/aromatic N) is 2. The summed E-state index contributed by atoms with van der Waals surface area (Å²) in [4.78, 5) is 0. The average molecular weight is 208 g/mol. The Balaban J connectivity index is 2.28. The predicted octanol–water partition coefficient (Wildman–Crippen LogP) is 1.93. The molecule has 0 aliphatic carbocycles. The van der Waals surface area contributed by atoms with E-state index in [-0.39, 0.29) is 0 Å². The molecule has 0 radical (unpaired) electrons. The molecule has 3 nitrogen and oxygen atoms in total. The van der Waals surface area contributed by atoms with E-state index >= 15 is 0 Å². The smallest absolute Gasteiger partial charge is 0.101 e. The number of rotatable bonds is 1. The lowest BCUT2D eigenvalue weighted by Crippen LogP contribution is -2.30. The number of nitrogens with one attached hydrogen (secondary N) is 1. The molecule has 0 atom stereocenters. The van der Waals surface area contributed by atoms with Gasteiger partial charge >= 0.3 is 0 Å². The molecule has 1 aliphatic heterocycles. The van der Waals surface area contributed by atoms with Crippen molar-refractivity contribution >= 4 is 17.3 Å². The van der Waals surface area contributed by atoms with Crippen LogP contribution < -0.4 is 10.4 Å². The Morgan fingerprint density at radius 3 is 2.93 bits per heavy atom. The third-order valence-electron chi connectivity index (χ3n) is 2.25. The van der Waals surface area contributed by atoms with Crippen molar-refractivity contribution in [2.75, 3.05) is 18.1 Å². The van der Waals surface area contributed by atoms with Crippen LogP contribution in [0.15, 0.2) is 18.2 Å². The van der Waals surface area contributed by atoms with E-state index in [9.17, 15) is 0 Å². The van der Waals surface area contributed by atoms with Crippen molar-refractivity contribution in [3.05, 3.63) is 28.8 Å². The first-order valence-electron chi connectivity index (χ1n) is 4.52. The van der Waals surface area contributed by atoms with Crippen molar-refractivity contribution in [1.29, 1.82) is 5.26 Å². The third kappa shape index (κ3) is 1.67. The molecule has 0 aromatic heterocycles. The Labute approximate surface area is 87.9 Å². The maximum absolute atomic E-state index is 8.71. The topological polar surface area (TPSA) is 39.1 Å². The summed E-state index contributed by atoms with van der Waals surface area (Å²) in [6, 6.07) is 7.51. The zero-order valence-corrected chi connectivity index (χ0v) is 8.38. The second kappa shape index (κ2) is 3.87. The highest BCUT2D eigenvalue weighted by atomic mass is 35.5. The zero-order valence-electron chi connectivity index (χ0n) is 7.63. The Kier molecular flexibility index (Phi) is 2.58. The van der Waals surface area contributed by atoms with E-state index in [0.29, 0.717) is 10.6 Å². The minimum Gasteiger partial charge on any atom is -0.308 e. The lowest BCUT2D eigenvalue weighted by Gasteiger charge is -2.17. The number of hydrogen-bond acceptors (Lipinski definition) is 3. The standard InChI is InChI=1S/C10H10ClN3/c11-10-6-9(3-2-8(10)7-12)14-5-1-4-13-14/h2-3,6,13H,1,4-5H2. The van der Waals surface area contributed by atoms with Crippen LogP contribution in [0, 0.1) is 11.3 Å². The van der Waals surface area contributed by atoms with Gasteiger partial charge in [0.25, 0.3) is 0 Å². The molecule has 72 valence electrons. The van der Waals surface area contributed by atoms with E-state index in [4.69, 9.17) is 16.9 Å². The van der Waals surface area contributed by atoms with Gasteiger partial charge in [-0.1, -0.05) is 11.6 Å². The van der Waals surface area contributed by atoms with Gasteiger partial charge in [0.15, 0.2) is 0 Å². The fourth-order valence-electron chi connectivity index (χ4n) is 1.51. The quantitative estimate of drug-likeness (QED) is 0.765. The van der Waals surface area contributed by atoms with Crippen LogP contribution in [0.1, 0.15) is 12.0 Å². The molecular weight excluding hydrogens is 198 g/mol. The molecule has 2 rings (SSSR count). The summed E-state index contributed by atoms with van der Waals surface area (Å²) in [6.07, 6.45) is 1.14. The first kappa shape index (κ1) is 9.32. The third-order valence-corrected chi connectivity index (χ3v) is 2.56. The Morgan fingerprint density at radius 2 is 2.36 bits per heavy atom. The summed E-state index contributed by atoms with van der Waals surface area (Å²) in [6.45, 7) is 1.99. The van der Waals surface area contributed by atoms with Gasteiger partial charge < -0.3 is 5.01 Å². The summed E-state index contributed by atoms with van der Waals surface area (Å²) < 4.78 is 0. The number of anilines is 1. The predicted molar refractivity (Wildman–Crippen MR) is 56.1 cm³/mol. The molecule has 1 fully saturated rings.